The molecule has 0 radical (unpaired) electrons. The number of aryl methyl sites for hydroxylation is 1. The van der Waals surface area contributed by atoms with Crippen molar-refractivity contribution in [3.63, 3.8) is 0 Å². The summed E-state index contributed by atoms with van der Waals surface area (Å²) in [6.45, 7) is 4.85. The van der Waals surface area contributed by atoms with E-state index in [1.165, 1.54) is 0 Å². The van der Waals surface area contributed by atoms with Crippen LogP contribution in [0.3, 0.4) is 0 Å². The molecule has 1 aromatic carbocycles. The molecule has 0 N–H and O–H groups in total. The number of carbonyl (C=O) groups excluding carboxylic acids is 3. The van der Waals surface area contributed by atoms with Crippen LogP contribution in [-0.4, -0.2) is 102 Å². The Morgan fingerprint density at radius 1 is 1.09 bits per heavy atom. The van der Waals surface area contributed by atoms with Crippen LogP contribution in [0, 0.1) is 0 Å². The first-order valence-electron chi connectivity index (χ1n) is 12.1. The summed E-state index contributed by atoms with van der Waals surface area (Å²) in [7, 11) is 1.57. The van der Waals surface area contributed by atoms with Gasteiger partial charge in [-0.25, -0.2) is 0 Å². The number of ether oxygens (including phenoxy) is 2. The maximum atomic E-state index is 13.3. The average molecular weight is 484 g/mol. The first-order chi connectivity index (χ1) is 17.1. The van der Waals surface area contributed by atoms with Crippen LogP contribution >= 0.6 is 0 Å². The van der Waals surface area contributed by atoms with Gasteiger partial charge in [0.2, 0.25) is 5.91 Å². The minimum absolute atomic E-state index is 0.00382. The predicted molar refractivity (Wildman–Crippen MR) is 128 cm³/mol. The molecule has 1 saturated heterocycles. The zero-order valence-corrected chi connectivity index (χ0v) is 20.2. The fourth-order valence-electron chi connectivity index (χ4n) is 4.37. The average Bonchev–Trinajstić information content (AvgIpc) is 3.26. The molecule has 10 heteroatoms. The molecule has 0 atom stereocenters. The first kappa shape index (κ1) is 24.9. The molecule has 1 aromatic heterocycles. The molecule has 188 valence electrons. The van der Waals surface area contributed by atoms with Gasteiger partial charge in [-0.2, -0.15) is 5.10 Å². The SMILES string of the molecule is COCCN(CCC(=O)N1CCOCC1)C(=O)c1cc2n(n1)CCCN(Cc1ccccc1)C2=O. The Balaban J connectivity index is 1.45. The van der Waals surface area contributed by atoms with Gasteiger partial charge in [-0.3, -0.25) is 19.1 Å². The maximum Gasteiger partial charge on any atom is 0.274 e. The van der Waals surface area contributed by atoms with Gasteiger partial charge >= 0.3 is 0 Å². The van der Waals surface area contributed by atoms with Crippen molar-refractivity contribution in [2.45, 2.75) is 25.9 Å². The molecule has 2 aliphatic rings. The highest BCUT2D eigenvalue weighted by atomic mass is 16.5. The van der Waals surface area contributed by atoms with Crippen molar-refractivity contribution in [2.75, 3.05) is 59.7 Å². The van der Waals surface area contributed by atoms with Crippen LogP contribution in [0.25, 0.3) is 0 Å². The molecule has 1 fully saturated rings. The van der Waals surface area contributed by atoms with Gasteiger partial charge in [0.25, 0.3) is 11.8 Å². The molecule has 0 saturated carbocycles. The molecule has 0 aliphatic carbocycles. The Hall–Kier alpha value is -3.24. The number of rotatable bonds is 9. The van der Waals surface area contributed by atoms with Crippen molar-refractivity contribution in [1.29, 1.82) is 0 Å². The van der Waals surface area contributed by atoms with Gasteiger partial charge in [0.1, 0.15) is 5.69 Å². The highest BCUT2D eigenvalue weighted by Crippen LogP contribution is 2.18. The second kappa shape index (κ2) is 11.9. The zero-order valence-electron chi connectivity index (χ0n) is 20.2. The van der Waals surface area contributed by atoms with Gasteiger partial charge < -0.3 is 24.2 Å². The molecule has 0 unspecified atom stereocenters. The number of benzene rings is 1. The fourth-order valence-corrected chi connectivity index (χ4v) is 4.37. The van der Waals surface area contributed by atoms with Crippen molar-refractivity contribution >= 4 is 17.7 Å². The van der Waals surface area contributed by atoms with Gasteiger partial charge in [-0.1, -0.05) is 30.3 Å². The van der Waals surface area contributed by atoms with Gasteiger partial charge in [-0.15, -0.1) is 0 Å². The smallest absolute Gasteiger partial charge is 0.274 e. The number of fused-ring (bicyclic) bond motifs is 1. The molecule has 3 heterocycles. The van der Waals surface area contributed by atoms with Crippen LogP contribution < -0.4 is 0 Å². The molecule has 0 spiro atoms. The van der Waals surface area contributed by atoms with Crippen molar-refractivity contribution in [2.24, 2.45) is 0 Å². The van der Waals surface area contributed by atoms with E-state index < -0.39 is 0 Å². The van der Waals surface area contributed by atoms with E-state index in [4.69, 9.17) is 9.47 Å². The molecule has 3 amide bonds. The summed E-state index contributed by atoms with van der Waals surface area (Å²) in [5.74, 6) is -0.445. The Bertz CT molecular complexity index is 1020. The van der Waals surface area contributed by atoms with E-state index in [-0.39, 0.29) is 36.4 Å². The van der Waals surface area contributed by atoms with Crippen molar-refractivity contribution < 1.29 is 23.9 Å². The summed E-state index contributed by atoms with van der Waals surface area (Å²) >= 11 is 0. The number of morpholine rings is 1. The minimum atomic E-state index is -0.306. The summed E-state index contributed by atoms with van der Waals surface area (Å²) in [4.78, 5) is 44.4. The van der Waals surface area contributed by atoms with Crippen molar-refractivity contribution in [1.82, 2.24) is 24.5 Å². The highest BCUT2D eigenvalue weighted by Gasteiger charge is 2.28. The minimum Gasteiger partial charge on any atom is -0.383 e. The topological polar surface area (TPSA) is 97.2 Å². The first-order valence-corrected chi connectivity index (χ1v) is 12.1. The number of carbonyl (C=O) groups is 3. The van der Waals surface area contributed by atoms with E-state index in [1.807, 2.05) is 30.3 Å². The molecule has 2 aromatic rings. The third-order valence-corrected chi connectivity index (χ3v) is 6.33. The number of methoxy groups -OCH3 is 1. The van der Waals surface area contributed by atoms with Gasteiger partial charge in [0.15, 0.2) is 5.69 Å². The summed E-state index contributed by atoms with van der Waals surface area (Å²) in [6, 6.07) is 11.4. The molecular weight excluding hydrogens is 450 g/mol. The van der Waals surface area contributed by atoms with E-state index in [2.05, 4.69) is 5.10 Å². The lowest BCUT2D eigenvalue weighted by Crippen LogP contribution is -2.43. The van der Waals surface area contributed by atoms with Crippen molar-refractivity contribution in [3.05, 3.63) is 53.3 Å². The van der Waals surface area contributed by atoms with Crippen LogP contribution in [0.5, 0.6) is 0 Å². The molecule has 2 aliphatic heterocycles. The van der Waals surface area contributed by atoms with Crippen LogP contribution in [0.15, 0.2) is 36.4 Å². The Labute approximate surface area is 205 Å². The van der Waals surface area contributed by atoms with E-state index in [0.29, 0.717) is 64.8 Å². The van der Waals surface area contributed by atoms with Gasteiger partial charge in [0, 0.05) is 65.4 Å². The van der Waals surface area contributed by atoms with Crippen LogP contribution in [0.4, 0.5) is 0 Å². The normalized spacial score (nSPS) is 16.1. The molecular formula is C25H33N5O5. The lowest BCUT2D eigenvalue weighted by Gasteiger charge is -2.28. The van der Waals surface area contributed by atoms with E-state index >= 15 is 0 Å². The summed E-state index contributed by atoms with van der Waals surface area (Å²) in [6.07, 6.45) is 0.967. The van der Waals surface area contributed by atoms with Crippen LogP contribution in [0.2, 0.25) is 0 Å². The number of hydrogen-bond acceptors (Lipinski definition) is 6. The van der Waals surface area contributed by atoms with E-state index in [9.17, 15) is 14.4 Å². The van der Waals surface area contributed by atoms with E-state index in [1.54, 1.807) is 32.6 Å². The number of hydrogen-bond donors (Lipinski definition) is 0. The molecule has 35 heavy (non-hydrogen) atoms. The second-order valence-corrected chi connectivity index (χ2v) is 8.73. The number of aromatic nitrogens is 2. The summed E-state index contributed by atoms with van der Waals surface area (Å²) in [5, 5.41) is 4.47. The molecule has 0 bridgehead atoms. The lowest BCUT2D eigenvalue weighted by molar-refractivity contribution is -0.135. The predicted octanol–water partition coefficient (Wildman–Crippen LogP) is 1.27. The quantitative estimate of drug-likeness (QED) is 0.533. The summed E-state index contributed by atoms with van der Waals surface area (Å²) in [5.41, 5.74) is 1.68. The molecule has 10 nitrogen and oxygen atoms in total. The number of amides is 3. The second-order valence-electron chi connectivity index (χ2n) is 8.73. The van der Waals surface area contributed by atoms with Crippen LogP contribution in [0.1, 0.15) is 39.4 Å². The Morgan fingerprint density at radius 2 is 1.86 bits per heavy atom. The number of nitrogens with zero attached hydrogens (tertiary/aromatic N) is 5. The third-order valence-electron chi connectivity index (χ3n) is 6.33. The monoisotopic (exact) mass is 483 g/mol. The Kier molecular flexibility index (Phi) is 8.49. The maximum absolute atomic E-state index is 13.3. The van der Waals surface area contributed by atoms with Crippen LogP contribution in [-0.2, 0) is 27.4 Å². The van der Waals surface area contributed by atoms with E-state index in [0.717, 1.165) is 12.0 Å². The van der Waals surface area contributed by atoms with Gasteiger partial charge in [-0.05, 0) is 12.0 Å². The summed E-state index contributed by atoms with van der Waals surface area (Å²) < 4.78 is 12.1. The standard InChI is InChI=1S/C25H33N5O5/c1-34-15-12-28(11-8-23(31)27-13-16-35-17-14-27)24(32)21-18-22-25(33)29(9-5-10-30(22)26-21)19-20-6-3-2-4-7-20/h2-4,6-7,18H,5,8-17,19H2,1H3. The molecule has 4 rings (SSSR count). The Morgan fingerprint density at radius 3 is 2.60 bits per heavy atom. The lowest BCUT2D eigenvalue weighted by atomic mass is 10.2. The zero-order chi connectivity index (χ0) is 24.6. The largest absolute Gasteiger partial charge is 0.383 e. The van der Waals surface area contributed by atoms with Gasteiger partial charge in [0.05, 0.1) is 19.8 Å². The fraction of sp³-hybridized carbons (Fsp3) is 0.520. The highest BCUT2D eigenvalue weighted by molar-refractivity contribution is 5.98. The third kappa shape index (κ3) is 6.26. The van der Waals surface area contributed by atoms with Crippen molar-refractivity contribution in [3.8, 4) is 0 Å².